The highest BCUT2D eigenvalue weighted by Gasteiger charge is 2.35. The maximum Gasteiger partial charge on any atom is 0.419 e. The molecule has 0 spiro atoms. The maximum absolute atomic E-state index is 14.0. The van der Waals surface area contributed by atoms with Gasteiger partial charge in [0.1, 0.15) is 5.82 Å². The van der Waals surface area contributed by atoms with Gasteiger partial charge in [-0.15, -0.1) is 0 Å². The quantitative estimate of drug-likeness (QED) is 0.835. The first kappa shape index (κ1) is 15.5. The van der Waals surface area contributed by atoms with E-state index >= 15 is 0 Å². The molecule has 0 aliphatic rings. The van der Waals surface area contributed by atoms with Crippen LogP contribution in [0, 0.1) is 12.7 Å². The zero-order valence-electron chi connectivity index (χ0n) is 11.4. The predicted octanol–water partition coefficient (Wildman–Crippen LogP) is 4.40. The van der Waals surface area contributed by atoms with E-state index in [0.29, 0.717) is 0 Å². The first-order valence-corrected chi connectivity index (χ1v) is 6.46. The van der Waals surface area contributed by atoms with Gasteiger partial charge in [-0.05, 0) is 30.5 Å². The van der Waals surface area contributed by atoms with Crippen molar-refractivity contribution in [1.82, 2.24) is 0 Å². The summed E-state index contributed by atoms with van der Waals surface area (Å²) in [6.45, 7) is 1.88. The van der Waals surface area contributed by atoms with Crippen molar-refractivity contribution < 1.29 is 17.6 Å². The summed E-state index contributed by atoms with van der Waals surface area (Å²) in [5.41, 5.74) is 6.37. The standard InChI is InChI=1S/C16H15F4N/c1-10-5-2-3-6-11(10)9-14(21)12-7-4-8-13(15(12)17)16(18,19)20/h2-8,14H,9,21H2,1H3. The fraction of sp³-hybridized carbons (Fsp3) is 0.250. The van der Waals surface area contributed by atoms with Crippen molar-refractivity contribution in [2.45, 2.75) is 25.6 Å². The van der Waals surface area contributed by atoms with Crippen molar-refractivity contribution in [3.05, 3.63) is 70.5 Å². The van der Waals surface area contributed by atoms with Crippen LogP contribution in [0.2, 0.25) is 0 Å². The Labute approximate surface area is 120 Å². The summed E-state index contributed by atoms with van der Waals surface area (Å²) in [4.78, 5) is 0. The summed E-state index contributed by atoms with van der Waals surface area (Å²) in [5.74, 6) is -1.29. The van der Waals surface area contributed by atoms with Gasteiger partial charge in [0.15, 0.2) is 0 Å². The lowest BCUT2D eigenvalue weighted by Crippen LogP contribution is -2.18. The molecule has 2 rings (SSSR count). The normalized spacial score (nSPS) is 13.2. The molecular formula is C16H15F4N. The Morgan fingerprint density at radius 3 is 2.33 bits per heavy atom. The van der Waals surface area contributed by atoms with Crippen LogP contribution >= 0.6 is 0 Å². The van der Waals surface area contributed by atoms with Gasteiger partial charge in [-0.2, -0.15) is 13.2 Å². The average molecular weight is 297 g/mol. The van der Waals surface area contributed by atoms with Crippen molar-refractivity contribution in [1.29, 1.82) is 0 Å². The summed E-state index contributed by atoms with van der Waals surface area (Å²) in [7, 11) is 0. The van der Waals surface area contributed by atoms with E-state index in [1.165, 1.54) is 12.1 Å². The molecule has 2 aromatic rings. The summed E-state index contributed by atoms with van der Waals surface area (Å²) in [6.07, 6.45) is -4.44. The molecule has 0 amide bonds. The van der Waals surface area contributed by atoms with Gasteiger partial charge in [-0.1, -0.05) is 36.4 Å². The van der Waals surface area contributed by atoms with Gasteiger partial charge in [-0.25, -0.2) is 4.39 Å². The molecule has 0 bridgehead atoms. The van der Waals surface area contributed by atoms with Gasteiger partial charge < -0.3 is 5.73 Å². The van der Waals surface area contributed by atoms with E-state index in [0.717, 1.165) is 17.2 Å². The summed E-state index contributed by atoms with van der Waals surface area (Å²) >= 11 is 0. The lowest BCUT2D eigenvalue weighted by Gasteiger charge is -2.17. The summed E-state index contributed by atoms with van der Waals surface area (Å²) in [6, 6.07) is 9.76. The number of halogens is 4. The third-order valence-corrected chi connectivity index (χ3v) is 3.43. The fourth-order valence-electron chi connectivity index (χ4n) is 2.24. The molecule has 21 heavy (non-hydrogen) atoms. The maximum atomic E-state index is 14.0. The monoisotopic (exact) mass is 297 g/mol. The van der Waals surface area contributed by atoms with E-state index in [1.54, 1.807) is 0 Å². The van der Waals surface area contributed by atoms with Gasteiger partial charge in [0.2, 0.25) is 0 Å². The van der Waals surface area contributed by atoms with E-state index < -0.39 is 23.6 Å². The molecule has 2 aromatic carbocycles. The second-order valence-electron chi connectivity index (χ2n) is 4.94. The SMILES string of the molecule is Cc1ccccc1CC(N)c1cccc(C(F)(F)F)c1F. The zero-order chi connectivity index (χ0) is 15.6. The van der Waals surface area contributed by atoms with Gasteiger partial charge in [0.25, 0.3) is 0 Å². The van der Waals surface area contributed by atoms with Gasteiger partial charge in [0.05, 0.1) is 5.56 Å². The molecule has 112 valence electrons. The highest BCUT2D eigenvalue weighted by atomic mass is 19.4. The topological polar surface area (TPSA) is 26.0 Å². The highest BCUT2D eigenvalue weighted by Crippen LogP contribution is 2.34. The van der Waals surface area contributed by atoms with E-state index in [4.69, 9.17) is 5.73 Å². The lowest BCUT2D eigenvalue weighted by molar-refractivity contribution is -0.140. The fourth-order valence-corrected chi connectivity index (χ4v) is 2.24. The smallest absolute Gasteiger partial charge is 0.324 e. The molecule has 1 nitrogen and oxygen atoms in total. The van der Waals surface area contributed by atoms with Crippen LogP contribution in [-0.2, 0) is 12.6 Å². The van der Waals surface area contributed by atoms with Crippen molar-refractivity contribution in [3.8, 4) is 0 Å². The van der Waals surface area contributed by atoms with Crippen LogP contribution in [-0.4, -0.2) is 0 Å². The molecule has 0 heterocycles. The molecule has 0 radical (unpaired) electrons. The number of alkyl halides is 3. The van der Waals surface area contributed by atoms with Crippen LogP contribution in [0.25, 0.3) is 0 Å². The van der Waals surface area contributed by atoms with Crippen molar-refractivity contribution in [2.24, 2.45) is 5.73 Å². The largest absolute Gasteiger partial charge is 0.419 e. The Morgan fingerprint density at radius 1 is 1.05 bits per heavy atom. The van der Waals surface area contributed by atoms with Crippen LogP contribution in [0.5, 0.6) is 0 Å². The Hall–Kier alpha value is -1.88. The Kier molecular flexibility index (Phi) is 4.32. The van der Waals surface area contributed by atoms with E-state index in [1.807, 2.05) is 31.2 Å². The second-order valence-corrected chi connectivity index (χ2v) is 4.94. The number of hydrogen-bond donors (Lipinski definition) is 1. The number of rotatable bonds is 3. The summed E-state index contributed by atoms with van der Waals surface area (Å²) in [5, 5.41) is 0. The van der Waals surface area contributed by atoms with E-state index in [9.17, 15) is 17.6 Å². The van der Waals surface area contributed by atoms with Gasteiger partial charge in [0, 0.05) is 11.6 Å². The molecule has 0 aromatic heterocycles. The minimum absolute atomic E-state index is 0.118. The lowest BCUT2D eigenvalue weighted by atomic mass is 9.95. The Morgan fingerprint density at radius 2 is 1.71 bits per heavy atom. The van der Waals surface area contributed by atoms with Crippen molar-refractivity contribution >= 4 is 0 Å². The van der Waals surface area contributed by atoms with Crippen LogP contribution in [0.15, 0.2) is 42.5 Å². The predicted molar refractivity (Wildman–Crippen MR) is 73.2 cm³/mol. The number of aryl methyl sites for hydroxylation is 1. The van der Waals surface area contributed by atoms with Crippen molar-refractivity contribution in [2.75, 3.05) is 0 Å². The number of nitrogens with two attached hydrogens (primary N) is 1. The molecule has 1 unspecified atom stereocenters. The average Bonchev–Trinajstić information content (AvgIpc) is 2.40. The van der Waals surface area contributed by atoms with Crippen LogP contribution in [0.1, 0.15) is 28.3 Å². The van der Waals surface area contributed by atoms with Crippen LogP contribution in [0.4, 0.5) is 17.6 Å². The van der Waals surface area contributed by atoms with E-state index in [2.05, 4.69) is 0 Å². The first-order chi connectivity index (χ1) is 9.80. The molecular weight excluding hydrogens is 282 g/mol. The third kappa shape index (κ3) is 3.42. The molecule has 0 fully saturated rings. The third-order valence-electron chi connectivity index (χ3n) is 3.43. The molecule has 2 N–H and O–H groups in total. The minimum Gasteiger partial charge on any atom is -0.324 e. The van der Waals surface area contributed by atoms with Gasteiger partial charge >= 0.3 is 6.18 Å². The zero-order valence-corrected chi connectivity index (χ0v) is 11.4. The number of hydrogen-bond acceptors (Lipinski definition) is 1. The molecule has 0 aliphatic heterocycles. The molecule has 1 atom stereocenters. The number of benzene rings is 2. The Balaban J connectivity index is 2.32. The van der Waals surface area contributed by atoms with E-state index in [-0.39, 0.29) is 12.0 Å². The first-order valence-electron chi connectivity index (χ1n) is 6.46. The second kappa shape index (κ2) is 5.85. The molecule has 0 aliphatic carbocycles. The van der Waals surface area contributed by atoms with Gasteiger partial charge in [-0.3, -0.25) is 0 Å². The van der Waals surface area contributed by atoms with Crippen LogP contribution in [0.3, 0.4) is 0 Å². The molecule has 0 saturated heterocycles. The van der Waals surface area contributed by atoms with Crippen molar-refractivity contribution in [3.63, 3.8) is 0 Å². The Bertz CT molecular complexity index is 634. The molecule has 5 heteroatoms. The minimum atomic E-state index is -4.72. The van der Waals surface area contributed by atoms with Crippen LogP contribution < -0.4 is 5.73 Å². The highest BCUT2D eigenvalue weighted by molar-refractivity contribution is 5.33. The molecule has 0 saturated carbocycles. The summed E-state index contributed by atoms with van der Waals surface area (Å²) < 4.78 is 52.1.